The smallest absolute Gasteiger partial charge is 0.256 e. The van der Waals surface area contributed by atoms with Crippen molar-refractivity contribution in [2.45, 2.75) is 12.5 Å². The number of aromatic nitrogens is 2. The third-order valence-electron chi connectivity index (χ3n) is 5.89. The highest BCUT2D eigenvalue weighted by molar-refractivity contribution is 6.05. The predicted molar refractivity (Wildman–Crippen MR) is 126 cm³/mol. The van der Waals surface area contributed by atoms with Gasteiger partial charge in [-0.2, -0.15) is 0 Å². The zero-order valence-corrected chi connectivity index (χ0v) is 18.5. The largest absolute Gasteiger partial charge is 0.497 e. The average molecular weight is 440 g/mol. The first kappa shape index (κ1) is 21.1. The molecule has 0 N–H and O–H groups in total. The van der Waals surface area contributed by atoms with Crippen molar-refractivity contribution in [1.29, 1.82) is 0 Å². The maximum Gasteiger partial charge on any atom is 0.256 e. The lowest BCUT2D eigenvalue weighted by Crippen LogP contribution is -2.42. The molecule has 1 saturated heterocycles. The van der Waals surface area contributed by atoms with Crippen LogP contribution in [-0.4, -0.2) is 47.6 Å². The molecule has 4 aromatic rings. The van der Waals surface area contributed by atoms with Crippen LogP contribution in [0.1, 0.15) is 33.4 Å². The molecule has 33 heavy (non-hydrogen) atoms. The first-order chi connectivity index (χ1) is 16.2. The molecule has 1 atom stereocenters. The van der Waals surface area contributed by atoms with Crippen LogP contribution in [0.5, 0.6) is 5.75 Å². The molecule has 1 fully saturated rings. The summed E-state index contributed by atoms with van der Waals surface area (Å²) in [6.07, 6.45) is 2.15. The molecule has 6 nitrogen and oxygen atoms in total. The molecule has 0 aliphatic carbocycles. The number of benzene rings is 2. The predicted octanol–water partition coefficient (Wildman–Crippen LogP) is 4.44. The molecule has 1 aliphatic rings. The number of carbonyl (C=O) groups is 1. The van der Waals surface area contributed by atoms with Crippen LogP contribution >= 0.6 is 0 Å². The van der Waals surface area contributed by atoms with Gasteiger partial charge >= 0.3 is 0 Å². The fourth-order valence-corrected chi connectivity index (χ4v) is 4.23. The van der Waals surface area contributed by atoms with E-state index in [0.29, 0.717) is 31.7 Å². The minimum absolute atomic E-state index is 0.0277. The van der Waals surface area contributed by atoms with Crippen LogP contribution in [0, 0.1) is 0 Å². The van der Waals surface area contributed by atoms with Crippen LogP contribution in [0.3, 0.4) is 0 Å². The number of pyridine rings is 2. The molecule has 1 unspecified atom stereocenters. The maximum absolute atomic E-state index is 13.4. The van der Waals surface area contributed by atoms with Crippen LogP contribution in [0.4, 0.5) is 0 Å². The third kappa shape index (κ3) is 4.56. The fraction of sp³-hybridized carbons (Fsp3) is 0.222. The molecule has 0 spiro atoms. The minimum atomic E-state index is -0.268. The second-order valence-corrected chi connectivity index (χ2v) is 8.07. The Morgan fingerprint density at radius 1 is 1.09 bits per heavy atom. The highest BCUT2D eigenvalue weighted by atomic mass is 16.5. The standard InChI is InChI=1S/C27H25N3O3/c1-32-22-10-2-6-19(17-22)16-21-9-4-12-24(29-21)25-18-30(14-15-33-25)27(31)23-11-3-7-20-8-5-13-28-26(20)23/h2-13,17,25H,14-16,18H2,1H3. The number of amides is 1. The Hall–Kier alpha value is -3.77. The Bertz CT molecular complexity index is 1290. The van der Waals surface area contributed by atoms with Crippen LogP contribution in [0.15, 0.2) is 79.0 Å². The van der Waals surface area contributed by atoms with Gasteiger partial charge in [-0.25, -0.2) is 0 Å². The van der Waals surface area contributed by atoms with Crippen LogP contribution in [0.2, 0.25) is 0 Å². The Labute approximate surface area is 192 Å². The van der Waals surface area contributed by atoms with Gasteiger partial charge in [0.1, 0.15) is 11.9 Å². The molecule has 3 heterocycles. The highest BCUT2D eigenvalue weighted by Crippen LogP contribution is 2.25. The van der Waals surface area contributed by atoms with Gasteiger partial charge in [-0.15, -0.1) is 0 Å². The number of ether oxygens (including phenoxy) is 2. The minimum Gasteiger partial charge on any atom is -0.497 e. The van der Waals surface area contributed by atoms with Crippen molar-refractivity contribution in [1.82, 2.24) is 14.9 Å². The van der Waals surface area contributed by atoms with Gasteiger partial charge in [0.05, 0.1) is 37.0 Å². The number of hydrogen-bond acceptors (Lipinski definition) is 5. The van der Waals surface area contributed by atoms with Crippen molar-refractivity contribution in [3.8, 4) is 5.75 Å². The molecule has 6 heteroatoms. The van der Waals surface area contributed by atoms with Gasteiger partial charge in [0.25, 0.3) is 5.91 Å². The summed E-state index contributed by atoms with van der Waals surface area (Å²) in [7, 11) is 1.67. The van der Waals surface area contributed by atoms with Gasteiger partial charge in [-0.05, 0) is 42.0 Å². The summed E-state index contributed by atoms with van der Waals surface area (Å²) < 4.78 is 11.3. The van der Waals surface area contributed by atoms with Gasteiger partial charge in [0, 0.05) is 30.2 Å². The first-order valence-electron chi connectivity index (χ1n) is 11.0. The third-order valence-corrected chi connectivity index (χ3v) is 5.89. The van der Waals surface area contributed by atoms with E-state index >= 15 is 0 Å². The maximum atomic E-state index is 13.4. The van der Waals surface area contributed by atoms with Crippen LogP contribution in [-0.2, 0) is 11.2 Å². The number of rotatable bonds is 5. The van der Waals surface area contributed by atoms with Crippen molar-refractivity contribution in [3.63, 3.8) is 0 Å². The van der Waals surface area contributed by atoms with E-state index in [1.807, 2.05) is 71.6 Å². The highest BCUT2D eigenvalue weighted by Gasteiger charge is 2.28. The number of hydrogen-bond donors (Lipinski definition) is 0. The zero-order chi connectivity index (χ0) is 22.6. The van der Waals surface area contributed by atoms with Gasteiger partial charge in [-0.3, -0.25) is 14.8 Å². The van der Waals surface area contributed by atoms with Crippen LogP contribution < -0.4 is 4.74 Å². The van der Waals surface area contributed by atoms with E-state index in [0.717, 1.165) is 33.6 Å². The Morgan fingerprint density at radius 2 is 1.94 bits per heavy atom. The molecule has 0 bridgehead atoms. The van der Waals surface area contributed by atoms with E-state index in [2.05, 4.69) is 11.1 Å². The number of fused-ring (bicyclic) bond motifs is 1. The summed E-state index contributed by atoms with van der Waals surface area (Å²) in [5, 5.41) is 0.958. The normalized spacial score (nSPS) is 16.0. The molecule has 0 saturated carbocycles. The Kier molecular flexibility index (Phi) is 6.00. The van der Waals surface area contributed by atoms with Crippen LogP contribution in [0.25, 0.3) is 10.9 Å². The molecule has 0 radical (unpaired) electrons. The lowest BCUT2D eigenvalue weighted by Gasteiger charge is -2.33. The number of carbonyl (C=O) groups excluding carboxylic acids is 1. The van der Waals surface area contributed by atoms with Gasteiger partial charge in [0.2, 0.25) is 0 Å². The van der Waals surface area contributed by atoms with Gasteiger partial charge < -0.3 is 14.4 Å². The van der Waals surface area contributed by atoms with E-state index in [-0.39, 0.29) is 12.0 Å². The quantitative estimate of drug-likeness (QED) is 0.460. The lowest BCUT2D eigenvalue weighted by atomic mass is 10.1. The number of morpholine rings is 1. The van der Waals surface area contributed by atoms with E-state index in [4.69, 9.17) is 14.5 Å². The lowest BCUT2D eigenvalue weighted by molar-refractivity contribution is -0.0247. The monoisotopic (exact) mass is 439 g/mol. The number of methoxy groups -OCH3 is 1. The van der Waals surface area contributed by atoms with Crippen molar-refractivity contribution >= 4 is 16.8 Å². The SMILES string of the molecule is COc1cccc(Cc2cccc(C3CN(C(=O)c4cccc5cccnc45)CCO3)n2)c1. The second kappa shape index (κ2) is 9.38. The van der Waals surface area contributed by atoms with Gasteiger partial charge in [0.15, 0.2) is 0 Å². The fourth-order valence-electron chi connectivity index (χ4n) is 4.23. The summed E-state index contributed by atoms with van der Waals surface area (Å²) in [5.74, 6) is 0.802. The average Bonchev–Trinajstić information content (AvgIpc) is 2.88. The molecule has 2 aromatic carbocycles. The summed E-state index contributed by atoms with van der Waals surface area (Å²) >= 11 is 0. The molecular formula is C27H25N3O3. The topological polar surface area (TPSA) is 64.5 Å². The van der Waals surface area contributed by atoms with Crippen molar-refractivity contribution in [3.05, 3.63) is 102 Å². The van der Waals surface area contributed by atoms with Gasteiger partial charge in [-0.1, -0.05) is 36.4 Å². The first-order valence-corrected chi connectivity index (χ1v) is 11.0. The van der Waals surface area contributed by atoms with E-state index in [1.54, 1.807) is 13.3 Å². The number of nitrogens with zero attached hydrogens (tertiary/aromatic N) is 3. The molecule has 1 amide bonds. The van der Waals surface area contributed by atoms with E-state index in [9.17, 15) is 4.79 Å². The zero-order valence-electron chi connectivity index (χ0n) is 18.5. The van der Waals surface area contributed by atoms with E-state index in [1.165, 1.54) is 0 Å². The summed E-state index contributed by atoms with van der Waals surface area (Å²) in [6.45, 7) is 1.47. The van der Waals surface area contributed by atoms with Crippen molar-refractivity contribution in [2.24, 2.45) is 0 Å². The summed E-state index contributed by atoms with van der Waals surface area (Å²) in [5.41, 5.74) is 4.26. The number of para-hydroxylation sites is 1. The molecule has 166 valence electrons. The van der Waals surface area contributed by atoms with E-state index < -0.39 is 0 Å². The second-order valence-electron chi connectivity index (χ2n) is 8.07. The molecule has 5 rings (SSSR count). The molecule has 1 aliphatic heterocycles. The summed E-state index contributed by atoms with van der Waals surface area (Å²) in [6, 6.07) is 23.5. The summed E-state index contributed by atoms with van der Waals surface area (Å²) in [4.78, 5) is 24.5. The van der Waals surface area contributed by atoms with Crippen molar-refractivity contribution < 1.29 is 14.3 Å². The van der Waals surface area contributed by atoms with Crippen molar-refractivity contribution in [2.75, 3.05) is 26.8 Å². The molecular weight excluding hydrogens is 414 g/mol. The molecule has 2 aromatic heterocycles. The Balaban J connectivity index is 1.34. The Morgan fingerprint density at radius 3 is 2.85 bits per heavy atom.